The number of anilines is 3. The Kier molecular flexibility index (Phi) is 8.73. The third-order valence-corrected chi connectivity index (χ3v) is 9.74. The number of piperazine rings is 1. The maximum absolute atomic E-state index is 13.9. The van der Waals surface area contributed by atoms with Gasteiger partial charge >= 0.3 is 6.03 Å². The lowest BCUT2D eigenvalue weighted by Crippen LogP contribution is -2.63. The van der Waals surface area contributed by atoms with E-state index in [4.69, 9.17) is 4.74 Å². The molecule has 2 N–H and O–H groups in total. The van der Waals surface area contributed by atoms with Crippen LogP contribution >= 0.6 is 11.3 Å². The lowest BCUT2D eigenvalue weighted by atomic mass is 9.93. The van der Waals surface area contributed by atoms with E-state index >= 15 is 0 Å². The van der Waals surface area contributed by atoms with Crippen LogP contribution in [0.15, 0.2) is 42.6 Å². The molecule has 4 heterocycles. The molecule has 0 saturated carbocycles. The predicted molar refractivity (Wildman–Crippen MR) is 180 cm³/mol. The molecule has 2 saturated heterocycles. The molecule has 11 heteroatoms. The highest BCUT2D eigenvalue weighted by molar-refractivity contribution is 7.16. The van der Waals surface area contributed by atoms with Crippen molar-refractivity contribution in [2.75, 3.05) is 62.0 Å². The van der Waals surface area contributed by atoms with Crippen LogP contribution in [-0.4, -0.2) is 84.6 Å². The third-order valence-electron chi connectivity index (χ3n) is 8.27. The van der Waals surface area contributed by atoms with E-state index in [0.29, 0.717) is 42.6 Å². The predicted octanol–water partition coefficient (Wildman–Crippen LogP) is 6.08. The average molecular weight is 623 g/mol. The maximum atomic E-state index is 13.9. The number of nitrogens with one attached hydrogen (secondary N) is 2. The number of benzene rings is 1. The second kappa shape index (κ2) is 12.2. The van der Waals surface area contributed by atoms with Gasteiger partial charge in [0, 0.05) is 58.4 Å². The minimum atomic E-state index is -0.999. The first-order valence-electron chi connectivity index (χ1n) is 15.0. The van der Waals surface area contributed by atoms with Gasteiger partial charge in [-0.3, -0.25) is 14.9 Å². The molecule has 10 nitrogen and oxygen atoms in total. The zero-order valence-corrected chi connectivity index (χ0v) is 27.4. The number of rotatable bonds is 5. The molecule has 238 valence electrons. The summed E-state index contributed by atoms with van der Waals surface area (Å²) >= 11 is 1.38. The summed E-state index contributed by atoms with van der Waals surface area (Å²) in [6, 6.07) is 11.2. The monoisotopic (exact) mass is 622 g/mol. The lowest BCUT2D eigenvalue weighted by molar-refractivity contribution is -0.144. The Balaban J connectivity index is 0.00000288. The van der Waals surface area contributed by atoms with Crippen molar-refractivity contribution in [2.24, 2.45) is 0 Å². The number of thiophene rings is 1. The number of likely N-dealkylation sites (N-methyl/N-ethyl adjacent to an activating group) is 1. The van der Waals surface area contributed by atoms with E-state index in [1.807, 2.05) is 49.5 Å². The fourth-order valence-corrected chi connectivity index (χ4v) is 6.63. The number of ether oxygens (including phenoxy) is 1. The highest BCUT2D eigenvalue weighted by Crippen LogP contribution is 2.38. The van der Waals surface area contributed by atoms with Crippen LogP contribution in [-0.2, 0) is 14.9 Å². The first-order chi connectivity index (χ1) is 20.8. The summed E-state index contributed by atoms with van der Waals surface area (Å²) in [4.78, 5) is 51.3. The van der Waals surface area contributed by atoms with E-state index in [2.05, 4.69) is 41.3 Å². The largest absolute Gasteiger partial charge is 0.378 e. The van der Waals surface area contributed by atoms with Crippen LogP contribution in [0.1, 0.15) is 58.3 Å². The van der Waals surface area contributed by atoms with E-state index in [9.17, 15) is 14.4 Å². The van der Waals surface area contributed by atoms with Crippen molar-refractivity contribution >= 4 is 45.7 Å². The number of aromatic nitrogens is 1. The zero-order chi connectivity index (χ0) is 31.8. The van der Waals surface area contributed by atoms with Gasteiger partial charge in [-0.15, -0.1) is 11.3 Å². The summed E-state index contributed by atoms with van der Waals surface area (Å²) in [5.74, 6) is 0.532. The van der Waals surface area contributed by atoms with Crippen molar-refractivity contribution in [1.29, 1.82) is 0 Å². The molecule has 0 bridgehead atoms. The Hall–Kier alpha value is -3.96. The molecule has 3 aromatic rings. The molecule has 2 fully saturated rings. The summed E-state index contributed by atoms with van der Waals surface area (Å²) in [7, 11) is 1.75. The second-order valence-electron chi connectivity index (χ2n) is 13.0. The minimum Gasteiger partial charge on any atom is -0.378 e. The number of carbonyl (C=O) groups is 3. The van der Waals surface area contributed by atoms with E-state index in [1.165, 1.54) is 11.3 Å². The van der Waals surface area contributed by atoms with Gasteiger partial charge < -0.3 is 24.8 Å². The topological polar surface area (TPSA) is 107 Å². The molecule has 2 aromatic heterocycles. The first-order valence-corrected chi connectivity index (χ1v) is 15.8. The Morgan fingerprint density at radius 3 is 2.41 bits per heavy atom. The van der Waals surface area contributed by atoms with Gasteiger partial charge in [-0.1, -0.05) is 26.8 Å². The fourth-order valence-electron chi connectivity index (χ4n) is 5.53. The van der Waals surface area contributed by atoms with Crippen LogP contribution in [0.5, 0.6) is 0 Å². The number of amides is 4. The number of hydrogen-bond donors (Lipinski definition) is 2. The SMILES string of the molecule is Cc1ccc(NC(=O)Nc2sc(C(C)(C)C)cc2C(=O)N2CCN(C)C(=O)C2(C)C)cc1-c1ccc(N2CCOCC2)nc1.[HH].[HH]. The number of carbonyl (C=O) groups excluding carboxylic acids is 3. The molecule has 0 atom stereocenters. The van der Waals surface area contributed by atoms with Crippen LogP contribution in [0.2, 0.25) is 0 Å². The van der Waals surface area contributed by atoms with E-state index in [0.717, 1.165) is 40.5 Å². The van der Waals surface area contributed by atoms with Gasteiger partial charge in [0.05, 0.1) is 18.8 Å². The van der Waals surface area contributed by atoms with Crippen LogP contribution in [0, 0.1) is 6.92 Å². The molecular weight excluding hydrogens is 576 g/mol. The van der Waals surface area contributed by atoms with Crippen molar-refractivity contribution < 1.29 is 22.0 Å². The molecule has 0 spiro atoms. The number of hydrogen-bond acceptors (Lipinski definition) is 7. The smallest absolute Gasteiger partial charge is 0.324 e. The van der Waals surface area contributed by atoms with Gasteiger partial charge in [0.2, 0.25) is 5.91 Å². The van der Waals surface area contributed by atoms with Crippen molar-refractivity contribution in [3.05, 3.63) is 58.6 Å². The molecule has 2 aliphatic heterocycles. The highest BCUT2D eigenvalue weighted by atomic mass is 32.1. The Labute approximate surface area is 266 Å². The summed E-state index contributed by atoms with van der Waals surface area (Å²) in [5, 5.41) is 6.33. The number of aryl methyl sites for hydroxylation is 1. The molecule has 0 aliphatic carbocycles. The Morgan fingerprint density at radius 2 is 1.75 bits per heavy atom. The molecule has 1 aromatic carbocycles. The minimum absolute atomic E-state index is 0. The molecule has 4 amide bonds. The van der Waals surface area contributed by atoms with Crippen LogP contribution in [0.4, 0.5) is 21.3 Å². The van der Waals surface area contributed by atoms with Crippen molar-refractivity contribution in [3.63, 3.8) is 0 Å². The average Bonchev–Trinajstić information content (AvgIpc) is 3.41. The third kappa shape index (κ3) is 6.44. The standard InChI is InChI=1S/C33H42N6O4S.2H2/c1-21-8-10-23(18-24(21)22-9-11-27(34-20-22)38-14-16-43-17-15-38)35-31(42)36-28-25(19-26(44-28)32(2,3)4)29(40)39-13-12-37(7)30(41)33(39,5)6;;/h8-11,18-20H,12-17H2,1-7H3,(H2,35,36,42);2*1H. The molecule has 0 unspecified atom stereocenters. The number of urea groups is 1. The van der Waals surface area contributed by atoms with E-state index in [1.54, 1.807) is 30.7 Å². The van der Waals surface area contributed by atoms with Gasteiger partial charge in [-0.05, 0) is 67.6 Å². The van der Waals surface area contributed by atoms with Crippen LogP contribution in [0.3, 0.4) is 0 Å². The molecular formula is C33H46N6O4S. The lowest BCUT2D eigenvalue weighted by Gasteiger charge is -2.44. The van der Waals surface area contributed by atoms with Gasteiger partial charge in [0.15, 0.2) is 0 Å². The number of pyridine rings is 1. The van der Waals surface area contributed by atoms with Crippen molar-refractivity contribution in [1.82, 2.24) is 14.8 Å². The summed E-state index contributed by atoms with van der Waals surface area (Å²) in [6.45, 7) is 15.7. The molecule has 2 aliphatic rings. The quantitative estimate of drug-likeness (QED) is 0.357. The summed E-state index contributed by atoms with van der Waals surface area (Å²) in [5.41, 5.74) is 2.74. The Morgan fingerprint density at radius 1 is 1.02 bits per heavy atom. The first kappa shape index (κ1) is 31.5. The van der Waals surface area contributed by atoms with Crippen LogP contribution in [0.25, 0.3) is 11.1 Å². The zero-order valence-electron chi connectivity index (χ0n) is 26.6. The Bertz CT molecular complexity index is 1570. The van der Waals surface area contributed by atoms with Gasteiger partial charge in [-0.2, -0.15) is 0 Å². The number of morpholine rings is 1. The van der Waals surface area contributed by atoms with E-state index in [-0.39, 0.29) is 20.1 Å². The summed E-state index contributed by atoms with van der Waals surface area (Å²) in [6.07, 6.45) is 1.86. The van der Waals surface area contributed by atoms with Gasteiger partial charge in [-0.25, -0.2) is 9.78 Å². The molecule has 5 rings (SSSR count). The summed E-state index contributed by atoms with van der Waals surface area (Å²) < 4.78 is 5.45. The number of nitrogens with zero attached hydrogens (tertiary/aromatic N) is 4. The fraction of sp³-hybridized carbons (Fsp3) is 0.455. The molecule has 0 radical (unpaired) electrons. The van der Waals surface area contributed by atoms with Gasteiger partial charge in [0.25, 0.3) is 5.91 Å². The van der Waals surface area contributed by atoms with Crippen LogP contribution < -0.4 is 15.5 Å². The second-order valence-corrected chi connectivity index (χ2v) is 14.0. The van der Waals surface area contributed by atoms with Crippen molar-refractivity contribution in [3.8, 4) is 11.1 Å². The van der Waals surface area contributed by atoms with Gasteiger partial charge in [0.1, 0.15) is 16.4 Å². The van der Waals surface area contributed by atoms with E-state index < -0.39 is 11.6 Å². The maximum Gasteiger partial charge on any atom is 0.324 e. The molecule has 44 heavy (non-hydrogen) atoms. The highest BCUT2D eigenvalue weighted by Gasteiger charge is 2.44. The van der Waals surface area contributed by atoms with Crippen molar-refractivity contribution in [2.45, 2.75) is 52.5 Å². The normalized spacial score (nSPS) is 17.1.